The zero-order chi connectivity index (χ0) is 10.4. The normalized spacial score (nSPS) is 12.8. The SMILES string of the molecule is CCCCC[C@@H](O)c1ccc(Cl)cc1. The Morgan fingerprint density at radius 2 is 1.86 bits per heavy atom. The Morgan fingerprint density at radius 1 is 1.21 bits per heavy atom. The van der Waals surface area contributed by atoms with Crippen LogP contribution in [0.25, 0.3) is 0 Å². The first-order valence-electron chi connectivity index (χ1n) is 5.17. The zero-order valence-corrected chi connectivity index (χ0v) is 9.30. The number of benzene rings is 1. The third-order valence-corrected chi connectivity index (χ3v) is 2.59. The molecule has 1 aromatic rings. The van der Waals surface area contributed by atoms with E-state index in [1.165, 1.54) is 12.8 Å². The van der Waals surface area contributed by atoms with E-state index < -0.39 is 0 Å². The molecule has 0 saturated carbocycles. The molecule has 0 heterocycles. The van der Waals surface area contributed by atoms with Crippen molar-refractivity contribution in [3.8, 4) is 0 Å². The van der Waals surface area contributed by atoms with Gasteiger partial charge in [0.15, 0.2) is 0 Å². The van der Waals surface area contributed by atoms with E-state index in [0.29, 0.717) is 0 Å². The highest BCUT2D eigenvalue weighted by molar-refractivity contribution is 6.30. The van der Waals surface area contributed by atoms with Gasteiger partial charge in [0, 0.05) is 5.02 Å². The maximum absolute atomic E-state index is 9.79. The summed E-state index contributed by atoms with van der Waals surface area (Å²) in [5.74, 6) is 0. The van der Waals surface area contributed by atoms with Crippen molar-refractivity contribution in [2.75, 3.05) is 0 Å². The van der Waals surface area contributed by atoms with E-state index in [4.69, 9.17) is 11.6 Å². The maximum atomic E-state index is 9.79. The van der Waals surface area contributed by atoms with E-state index in [1.807, 2.05) is 24.3 Å². The lowest BCUT2D eigenvalue weighted by Gasteiger charge is -2.10. The summed E-state index contributed by atoms with van der Waals surface area (Å²) >= 11 is 5.76. The molecule has 1 atom stereocenters. The first-order valence-corrected chi connectivity index (χ1v) is 5.55. The average Bonchev–Trinajstić information content (AvgIpc) is 2.19. The van der Waals surface area contributed by atoms with Crippen molar-refractivity contribution in [2.45, 2.75) is 38.7 Å². The van der Waals surface area contributed by atoms with Crippen molar-refractivity contribution in [1.29, 1.82) is 0 Å². The van der Waals surface area contributed by atoms with Crippen molar-refractivity contribution in [3.63, 3.8) is 0 Å². The third kappa shape index (κ3) is 3.69. The Kier molecular flexibility index (Phi) is 4.99. The van der Waals surface area contributed by atoms with Crippen molar-refractivity contribution >= 4 is 11.6 Å². The van der Waals surface area contributed by atoms with Crippen LogP contribution in [0.1, 0.15) is 44.3 Å². The van der Waals surface area contributed by atoms with Gasteiger partial charge in [0.1, 0.15) is 0 Å². The molecule has 0 aliphatic heterocycles. The molecule has 0 spiro atoms. The van der Waals surface area contributed by atoms with E-state index in [1.54, 1.807) is 0 Å². The van der Waals surface area contributed by atoms with Gasteiger partial charge >= 0.3 is 0 Å². The molecule has 0 bridgehead atoms. The quantitative estimate of drug-likeness (QED) is 0.733. The summed E-state index contributed by atoms with van der Waals surface area (Å²) in [7, 11) is 0. The van der Waals surface area contributed by atoms with Crippen LogP contribution in [0.2, 0.25) is 5.02 Å². The molecule has 1 rings (SSSR count). The first kappa shape index (κ1) is 11.5. The highest BCUT2D eigenvalue weighted by Gasteiger charge is 2.05. The second kappa shape index (κ2) is 6.05. The number of rotatable bonds is 5. The van der Waals surface area contributed by atoms with E-state index >= 15 is 0 Å². The number of halogens is 1. The van der Waals surface area contributed by atoms with Crippen LogP contribution in [0.5, 0.6) is 0 Å². The number of aliphatic hydroxyl groups excluding tert-OH is 1. The van der Waals surface area contributed by atoms with Crippen LogP contribution in [-0.2, 0) is 0 Å². The molecule has 78 valence electrons. The Labute approximate surface area is 90.7 Å². The molecule has 1 N–H and O–H groups in total. The van der Waals surface area contributed by atoms with Crippen molar-refractivity contribution in [1.82, 2.24) is 0 Å². The molecular formula is C12H17ClO. The smallest absolute Gasteiger partial charge is 0.0790 e. The fourth-order valence-electron chi connectivity index (χ4n) is 1.44. The van der Waals surface area contributed by atoms with Gasteiger partial charge in [-0.1, -0.05) is 49.9 Å². The Bertz CT molecular complexity index is 256. The standard InChI is InChI=1S/C12H17ClO/c1-2-3-4-5-12(14)10-6-8-11(13)9-7-10/h6-9,12,14H,2-5H2,1H3/t12-/m1/s1. The Hall–Kier alpha value is -0.530. The van der Waals surface area contributed by atoms with Crippen molar-refractivity contribution < 1.29 is 5.11 Å². The zero-order valence-electron chi connectivity index (χ0n) is 8.54. The molecular weight excluding hydrogens is 196 g/mol. The molecule has 0 amide bonds. The third-order valence-electron chi connectivity index (χ3n) is 2.34. The van der Waals surface area contributed by atoms with Gasteiger partial charge in [-0.05, 0) is 24.1 Å². The van der Waals surface area contributed by atoms with Gasteiger partial charge in [-0.3, -0.25) is 0 Å². The van der Waals surface area contributed by atoms with E-state index in [2.05, 4.69) is 6.92 Å². The van der Waals surface area contributed by atoms with Gasteiger partial charge in [0.25, 0.3) is 0 Å². The second-order valence-electron chi connectivity index (χ2n) is 3.56. The average molecular weight is 213 g/mol. The lowest BCUT2D eigenvalue weighted by molar-refractivity contribution is 0.163. The van der Waals surface area contributed by atoms with Crippen LogP contribution < -0.4 is 0 Å². The number of aliphatic hydroxyl groups is 1. The fourth-order valence-corrected chi connectivity index (χ4v) is 1.57. The summed E-state index contributed by atoms with van der Waals surface area (Å²) in [5, 5.41) is 10.5. The summed E-state index contributed by atoms with van der Waals surface area (Å²) in [4.78, 5) is 0. The highest BCUT2D eigenvalue weighted by Crippen LogP contribution is 2.21. The number of hydrogen-bond acceptors (Lipinski definition) is 1. The van der Waals surface area contributed by atoms with Gasteiger partial charge in [-0.15, -0.1) is 0 Å². The summed E-state index contributed by atoms with van der Waals surface area (Å²) in [6, 6.07) is 7.41. The minimum Gasteiger partial charge on any atom is -0.388 e. The monoisotopic (exact) mass is 212 g/mol. The first-order chi connectivity index (χ1) is 6.74. The molecule has 0 unspecified atom stereocenters. The minimum absolute atomic E-state index is 0.334. The molecule has 0 radical (unpaired) electrons. The van der Waals surface area contributed by atoms with Crippen LogP contribution in [0, 0.1) is 0 Å². The second-order valence-corrected chi connectivity index (χ2v) is 4.00. The van der Waals surface area contributed by atoms with Crippen LogP contribution >= 0.6 is 11.6 Å². The summed E-state index contributed by atoms with van der Waals surface area (Å²) in [6.07, 6.45) is 3.96. The van der Waals surface area contributed by atoms with Crippen LogP contribution in [-0.4, -0.2) is 5.11 Å². The fraction of sp³-hybridized carbons (Fsp3) is 0.500. The Balaban J connectivity index is 2.43. The van der Waals surface area contributed by atoms with Crippen molar-refractivity contribution in [3.05, 3.63) is 34.9 Å². The van der Waals surface area contributed by atoms with Crippen LogP contribution in [0.15, 0.2) is 24.3 Å². The van der Waals surface area contributed by atoms with Gasteiger partial charge in [-0.2, -0.15) is 0 Å². The number of unbranched alkanes of at least 4 members (excludes halogenated alkanes) is 2. The lowest BCUT2D eigenvalue weighted by atomic mass is 10.0. The summed E-state index contributed by atoms with van der Waals surface area (Å²) in [6.45, 7) is 2.16. The van der Waals surface area contributed by atoms with E-state index in [-0.39, 0.29) is 6.10 Å². The minimum atomic E-state index is -0.334. The molecule has 0 aliphatic rings. The predicted octanol–water partition coefficient (Wildman–Crippen LogP) is 3.95. The summed E-state index contributed by atoms with van der Waals surface area (Å²) < 4.78 is 0. The van der Waals surface area contributed by atoms with Gasteiger partial charge in [0.2, 0.25) is 0 Å². The van der Waals surface area contributed by atoms with Gasteiger partial charge in [0.05, 0.1) is 6.10 Å². The molecule has 1 nitrogen and oxygen atoms in total. The molecule has 2 heteroatoms. The van der Waals surface area contributed by atoms with Crippen LogP contribution in [0.3, 0.4) is 0 Å². The summed E-state index contributed by atoms with van der Waals surface area (Å²) in [5.41, 5.74) is 0.963. The predicted molar refractivity (Wildman–Crippen MR) is 60.6 cm³/mol. The number of hydrogen-bond donors (Lipinski definition) is 1. The maximum Gasteiger partial charge on any atom is 0.0790 e. The lowest BCUT2D eigenvalue weighted by Crippen LogP contribution is -1.96. The molecule has 0 aliphatic carbocycles. The van der Waals surface area contributed by atoms with Crippen LogP contribution in [0.4, 0.5) is 0 Å². The molecule has 1 aromatic carbocycles. The highest BCUT2D eigenvalue weighted by atomic mass is 35.5. The largest absolute Gasteiger partial charge is 0.388 e. The van der Waals surface area contributed by atoms with Crippen molar-refractivity contribution in [2.24, 2.45) is 0 Å². The topological polar surface area (TPSA) is 20.2 Å². The van der Waals surface area contributed by atoms with E-state index in [0.717, 1.165) is 23.4 Å². The molecule has 0 aromatic heterocycles. The van der Waals surface area contributed by atoms with Gasteiger partial charge < -0.3 is 5.11 Å². The molecule has 0 fully saturated rings. The molecule has 0 saturated heterocycles. The Morgan fingerprint density at radius 3 is 2.43 bits per heavy atom. The van der Waals surface area contributed by atoms with E-state index in [9.17, 15) is 5.11 Å². The molecule has 14 heavy (non-hydrogen) atoms. The van der Waals surface area contributed by atoms with Gasteiger partial charge in [-0.25, -0.2) is 0 Å².